The maximum absolute atomic E-state index is 14.1. The number of thiophene rings is 1. The normalized spacial score (nSPS) is 20.8. The fraction of sp³-hybridized carbons (Fsp3) is 0.263. The Hall–Kier alpha value is -5.53. The van der Waals surface area contributed by atoms with Gasteiger partial charge in [0.25, 0.3) is 0 Å². The summed E-state index contributed by atoms with van der Waals surface area (Å²) in [5.74, 6) is -4.35. The largest absolute Gasteiger partial charge is 0.480 e. The summed E-state index contributed by atoms with van der Waals surface area (Å²) >= 11 is 7.49. The Morgan fingerprint density at radius 1 is 0.654 bits per heavy atom. The second kappa shape index (κ2) is 18.1. The number of anilines is 1. The summed E-state index contributed by atoms with van der Waals surface area (Å²) in [4.78, 5) is 80.9. The predicted octanol–water partition coefficient (Wildman–Crippen LogP) is 3.43. The highest BCUT2D eigenvalue weighted by atomic mass is 35.5. The molecule has 4 unspecified atom stereocenters. The lowest BCUT2D eigenvalue weighted by atomic mass is 10.0. The zero-order chi connectivity index (χ0) is 37.0. The van der Waals surface area contributed by atoms with Crippen molar-refractivity contribution in [3.05, 3.63) is 123 Å². The van der Waals surface area contributed by atoms with Gasteiger partial charge >= 0.3 is 5.97 Å². The van der Waals surface area contributed by atoms with Gasteiger partial charge in [-0.25, -0.2) is 4.79 Å². The molecule has 52 heavy (non-hydrogen) atoms. The van der Waals surface area contributed by atoms with Crippen molar-refractivity contribution in [1.29, 1.82) is 0 Å². The standard InChI is InChI=1S/C38H38ClN5O7S/c39-26-12-8-24(9-13-26)20-30-35(47)42-29(19-23-5-2-1-3-6-23)36(48)44-32(38(50)51)21-25-10-14-27(15-11-25)40-33(45)16-17-34(46)41-31(37(49)43-30)22-28-7-4-18-52-28/h1-15,18,29-32H,16-17,19-22H2,(H,40,45)(H,41,46)(H,42,47)(H,43,49)(H,44,48)(H,50,51). The van der Waals surface area contributed by atoms with Gasteiger partial charge in [0.1, 0.15) is 24.2 Å². The fourth-order valence-electron chi connectivity index (χ4n) is 5.66. The van der Waals surface area contributed by atoms with E-state index >= 15 is 0 Å². The van der Waals surface area contributed by atoms with Crippen LogP contribution in [0.4, 0.5) is 5.69 Å². The van der Waals surface area contributed by atoms with E-state index in [1.165, 1.54) is 11.3 Å². The molecule has 3 aromatic carbocycles. The van der Waals surface area contributed by atoms with E-state index in [0.29, 0.717) is 27.4 Å². The number of halogens is 1. The number of rotatable bonds is 7. The smallest absolute Gasteiger partial charge is 0.326 e. The van der Waals surface area contributed by atoms with Crippen molar-refractivity contribution in [2.45, 2.75) is 62.7 Å². The number of nitrogens with one attached hydrogen (secondary N) is 5. The molecule has 2 aliphatic heterocycles. The summed E-state index contributed by atoms with van der Waals surface area (Å²) in [5, 5.41) is 25.9. The lowest BCUT2D eigenvalue weighted by Gasteiger charge is -2.26. The van der Waals surface area contributed by atoms with Gasteiger partial charge in [-0.3, -0.25) is 24.0 Å². The predicted molar refractivity (Wildman–Crippen MR) is 197 cm³/mol. The number of aliphatic carboxylic acids is 1. The molecule has 0 saturated heterocycles. The lowest BCUT2D eigenvalue weighted by molar-refractivity contribution is -0.142. The number of hydrogen-bond acceptors (Lipinski definition) is 7. The summed E-state index contributed by atoms with van der Waals surface area (Å²) in [7, 11) is 0. The Kier molecular flexibility index (Phi) is 13.1. The van der Waals surface area contributed by atoms with E-state index in [9.17, 15) is 33.9 Å². The number of benzene rings is 3. The Balaban J connectivity index is 1.50. The van der Waals surface area contributed by atoms with Crippen LogP contribution in [0.25, 0.3) is 0 Å². The molecule has 0 spiro atoms. The van der Waals surface area contributed by atoms with Crippen LogP contribution >= 0.6 is 22.9 Å². The third-order valence-corrected chi connectivity index (χ3v) is 9.56. The van der Waals surface area contributed by atoms with Gasteiger partial charge in [-0.15, -0.1) is 11.3 Å². The minimum Gasteiger partial charge on any atom is -0.480 e. The lowest BCUT2D eigenvalue weighted by Crippen LogP contribution is -2.59. The number of carboxylic acids is 1. The van der Waals surface area contributed by atoms with Gasteiger partial charge in [0, 0.05) is 54.1 Å². The molecule has 0 fully saturated rings. The molecule has 2 aliphatic rings. The molecule has 0 saturated carbocycles. The van der Waals surface area contributed by atoms with E-state index in [1.54, 1.807) is 78.9 Å². The molecule has 270 valence electrons. The zero-order valence-electron chi connectivity index (χ0n) is 28.0. The molecule has 0 radical (unpaired) electrons. The van der Waals surface area contributed by atoms with Crippen LogP contribution in [0.1, 0.15) is 34.4 Å². The summed E-state index contributed by atoms with van der Waals surface area (Å²) in [6.07, 6.45) is -0.304. The maximum Gasteiger partial charge on any atom is 0.326 e. The summed E-state index contributed by atoms with van der Waals surface area (Å²) < 4.78 is 0. The van der Waals surface area contributed by atoms with Crippen LogP contribution in [-0.2, 0) is 54.5 Å². The second-order valence-corrected chi connectivity index (χ2v) is 13.9. The highest BCUT2D eigenvalue weighted by Gasteiger charge is 2.32. The SMILES string of the molecule is O=C1CCC(=O)NC(Cc2cccs2)C(=O)NC(Cc2ccc(Cl)cc2)C(=O)NC(Cc2ccccc2)C(=O)NC(C(=O)O)Cc2ccc(cc2)N1. The molecule has 14 heteroatoms. The molecule has 4 atom stereocenters. The first-order chi connectivity index (χ1) is 25.0. The van der Waals surface area contributed by atoms with Gasteiger partial charge in [-0.05, 0) is 52.4 Å². The topological polar surface area (TPSA) is 183 Å². The maximum atomic E-state index is 14.1. The van der Waals surface area contributed by atoms with Gasteiger partial charge in [-0.1, -0.05) is 72.3 Å². The molecule has 6 N–H and O–H groups in total. The van der Waals surface area contributed by atoms with Crippen molar-refractivity contribution < 1.29 is 33.9 Å². The third-order valence-electron chi connectivity index (χ3n) is 8.41. The quantitative estimate of drug-likeness (QED) is 0.157. The average molecular weight is 744 g/mol. The van der Waals surface area contributed by atoms with E-state index in [2.05, 4.69) is 26.6 Å². The number of carboxylic acid groups (broad SMARTS) is 1. The Morgan fingerprint density at radius 3 is 1.83 bits per heavy atom. The van der Waals surface area contributed by atoms with Crippen LogP contribution < -0.4 is 26.6 Å². The van der Waals surface area contributed by atoms with Gasteiger partial charge in [0.2, 0.25) is 29.5 Å². The van der Waals surface area contributed by atoms with E-state index < -0.39 is 59.7 Å². The van der Waals surface area contributed by atoms with Crippen molar-refractivity contribution in [2.24, 2.45) is 0 Å². The molecule has 1 aromatic heterocycles. The first-order valence-corrected chi connectivity index (χ1v) is 17.9. The summed E-state index contributed by atoms with van der Waals surface area (Å²) in [6.45, 7) is 0. The van der Waals surface area contributed by atoms with Gasteiger partial charge in [0.05, 0.1) is 0 Å². The Bertz CT molecular complexity index is 1870. The molecule has 12 nitrogen and oxygen atoms in total. The molecule has 0 aliphatic carbocycles. The molecule has 4 aromatic rings. The van der Waals surface area contributed by atoms with E-state index in [-0.39, 0.29) is 38.5 Å². The molecular weight excluding hydrogens is 706 g/mol. The Morgan fingerprint density at radius 2 is 1.23 bits per heavy atom. The van der Waals surface area contributed by atoms with Crippen LogP contribution in [-0.4, -0.2) is 64.8 Å². The van der Waals surface area contributed by atoms with Gasteiger partial charge in [0.15, 0.2) is 0 Å². The highest BCUT2D eigenvalue weighted by molar-refractivity contribution is 7.09. The van der Waals surface area contributed by atoms with E-state index in [0.717, 1.165) is 4.88 Å². The summed E-state index contributed by atoms with van der Waals surface area (Å²) in [6, 6.07) is 20.8. The van der Waals surface area contributed by atoms with Crippen LogP contribution in [0.3, 0.4) is 0 Å². The fourth-order valence-corrected chi connectivity index (χ4v) is 6.54. The van der Waals surface area contributed by atoms with Crippen molar-refractivity contribution in [1.82, 2.24) is 21.3 Å². The molecule has 2 bridgehead atoms. The zero-order valence-corrected chi connectivity index (χ0v) is 29.5. The second-order valence-electron chi connectivity index (χ2n) is 12.4. The third kappa shape index (κ3) is 11.2. The highest BCUT2D eigenvalue weighted by Crippen LogP contribution is 2.16. The number of fused-ring (bicyclic) bond motifs is 18. The molecular formula is C38H38ClN5O7S. The number of carbonyl (C=O) groups is 6. The number of carbonyl (C=O) groups excluding carboxylic acids is 5. The van der Waals surface area contributed by atoms with Crippen molar-refractivity contribution in [3.8, 4) is 0 Å². The van der Waals surface area contributed by atoms with E-state index in [1.807, 2.05) is 17.5 Å². The molecule has 3 heterocycles. The minimum atomic E-state index is -1.35. The van der Waals surface area contributed by atoms with Gasteiger partial charge < -0.3 is 31.7 Å². The van der Waals surface area contributed by atoms with Crippen molar-refractivity contribution in [3.63, 3.8) is 0 Å². The van der Waals surface area contributed by atoms with E-state index in [4.69, 9.17) is 11.6 Å². The Labute approximate surface area is 309 Å². The molecule has 5 amide bonds. The monoisotopic (exact) mass is 743 g/mol. The average Bonchev–Trinajstić information content (AvgIpc) is 3.64. The summed E-state index contributed by atoms with van der Waals surface area (Å²) in [5.41, 5.74) is 2.36. The van der Waals surface area contributed by atoms with Gasteiger partial charge in [-0.2, -0.15) is 0 Å². The molecule has 6 rings (SSSR count). The first kappa shape index (κ1) is 37.7. The van der Waals surface area contributed by atoms with Crippen molar-refractivity contribution >= 4 is 64.1 Å². The van der Waals surface area contributed by atoms with Crippen LogP contribution in [0, 0.1) is 0 Å². The van der Waals surface area contributed by atoms with Crippen LogP contribution in [0.2, 0.25) is 5.02 Å². The van der Waals surface area contributed by atoms with Crippen molar-refractivity contribution in [2.75, 3.05) is 5.32 Å². The van der Waals surface area contributed by atoms with Crippen LogP contribution in [0.15, 0.2) is 96.4 Å². The first-order valence-electron chi connectivity index (χ1n) is 16.6. The number of hydrogen-bond donors (Lipinski definition) is 6. The minimum absolute atomic E-state index is 0.00182. The van der Waals surface area contributed by atoms with Crippen LogP contribution in [0.5, 0.6) is 0 Å². The number of amides is 5.